The molecule has 1 aliphatic rings. The number of rotatable bonds is 5. The van der Waals surface area contributed by atoms with Crippen LogP contribution in [0.2, 0.25) is 0 Å². The van der Waals surface area contributed by atoms with Crippen molar-refractivity contribution < 1.29 is 9.32 Å². The fourth-order valence-electron chi connectivity index (χ4n) is 3.05. The highest BCUT2D eigenvalue weighted by Gasteiger charge is 2.25. The lowest BCUT2D eigenvalue weighted by molar-refractivity contribution is 0.102. The van der Waals surface area contributed by atoms with Gasteiger partial charge in [0.1, 0.15) is 0 Å². The highest BCUT2D eigenvalue weighted by Crippen LogP contribution is 2.36. The molecule has 1 N–H and O–H groups in total. The van der Waals surface area contributed by atoms with E-state index in [2.05, 4.69) is 22.4 Å². The Bertz CT molecular complexity index is 928. The minimum absolute atomic E-state index is 0.150. The molecule has 1 fully saturated rings. The van der Waals surface area contributed by atoms with Gasteiger partial charge in [0.2, 0.25) is 11.7 Å². The molecule has 2 aromatic carbocycles. The zero-order valence-electron chi connectivity index (χ0n) is 14.7. The van der Waals surface area contributed by atoms with Crippen molar-refractivity contribution in [3.63, 3.8) is 0 Å². The summed E-state index contributed by atoms with van der Waals surface area (Å²) < 4.78 is 5.38. The van der Waals surface area contributed by atoms with Crippen LogP contribution in [-0.2, 0) is 6.42 Å². The van der Waals surface area contributed by atoms with Gasteiger partial charge in [-0.2, -0.15) is 4.98 Å². The monoisotopic (exact) mass is 347 g/mol. The Hall–Kier alpha value is -2.95. The second-order valence-electron chi connectivity index (χ2n) is 6.67. The third-order valence-corrected chi connectivity index (χ3v) is 4.87. The number of nitrogens with zero attached hydrogens (tertiary/aromatic N) is 2. The normalized spacial score (nSPS) is 14.0. The van der Waals surface area contributed by atoms with E-state index in [-0.39, 0.29) is 5.91 Å². The lowest BCUT2D eigenvalue weighted by Gasteiger charge is -2.20. The van der Waals surface area contributed by atoms with Gasteiger partial charge in [0.05, 0.1) is 0 Å². The number of amides is 1. The Kier molecular flexibility index (Phi) is 4.52. The van der Waals surface area contributed by atoms with Gasteiger partial charge in [0, 0.05) is 22.7 Å². The number of anilines is 1. The molecule has 0 unspecified atom stereocenters. The van der Waals surface area contributed by atoms with E-state index >= 15 is 0 Å². The SMILES string of the molecule is CCc1cccc(NC(=O)c2cccc(-c3noc(C4CCC4)n3)c2)c1. The Morgan fingerprint density at radius 2 is 2.04 bits per heavy atom. The van der Waals surface area contributed by atoms with E-state index in [1.807, 2.05) is 36.4 Å². The Balaban J connectivity index is 1.53. The molecule has 0 atom stereocenters. The molecule has 1 aliphatic carbocycles. The summed E-state index contributed by atoms with van der Waals surface area (Å²) in [6, 6.07) is 15.2. The number of carbonyl (C=O) groups excluding carboxylic acids is 1. The topological polar surface area (TPSA) is 68.0 Å². The first kappa shape index (κ1) is 16.5. The quantitative estimate of drug-likeness (QED) is 0.718. The van der Waals surface area contributed by atoms with Gasteiger partial charge in [0.25, 0.3) is 5.91 Å². The van der Waals surface area contributed by atoms with Gasteiger partial charge in [-0.25, -0.2) is 0 Å². The van der Waals surface area contributed by atoms with Crippen molar-refractivity contribution in [3.05, 3.63) is 65.5 Å². The summed E-state index contributed by atoms with van der Waals surface area (Å²) in [6.45, 7) is 2.09. The fraction of sp³-hybridized carbons (Fsp3) is 0.286. The van der Waals surface area contributed by atoms with Crippen LogP contribution in [-0.4, -0.2) is 16.0 Å². The van der Waals surface area contributed by atoms with E-state index in [0.29, 0.717) is 23.2 Å². The number of benzene rings is 2. The maximum Gasteiger partial charge on any atom is 0.255 e. The van der Waals surface area contributed by atoms with Crippen molar-refractivity contribution in [3.8, 4) is 11.4 Å². The Morgan fingerprint density at radius 3 is 2.81 bits per heavy atom. The second-order valence-corrected chi connectivity index (χ2v) is 6.67. The van der Waals surface area contributed by atoms with Gasteiger partial charge >= 0.3 is 0 Å². The highest BCUT2D eigenvalue weighted by molar-refractivity contribution is 6.04. The van der Waals surface area contributed by atoms with Crippen LogP contribution in [0, 0.1) is 0 Å². The van der Waals surface area contributed by atoms with Gasteiger partial charge in [-0.1, -0.05) is 42.8 Å². The van der Waals surface area contributed by atoms with E-state index in [1.165, 1.54) is 12.0 Å². The molecule has 0 saturated heterocycles. The van der Waals surface area contributed by atoms with Gasteiger partial charge in [-0.05, 0) is 49.1 Å². The van der Waals surface area contributed by atoms with Crippen LogP contribution in [0.1, 0.15) is 53.9 Å². The van der Waals surface area contributed by atoms with Crippen molar-refractivity contribution in [2.24, 2.45) is 0 Å². The first-order chi connectivity index (χ1) is 12.7. The molecule has 0 aliphatic heterocycles. The van der Waals surface area contributed by atoms with Crippen molar-refractivity contribution in [2.75, 3.05) is 5.32 Å². The van der Waals surface area contributed by atoms with Gasteiger partial charge in [0.15, 0.2) is 0 Å². The van der Waals surface area contributed by atoms with Gasteiger partial charge in [-0.3, -0.25) is 4.79 Å². The predicted octanol–water partition coefficient (Wildman–Crippen LogP) is 4.82. The van der Waals surface area contributed by atoms with Crippen molar-refractivity contribution in [1.29, 1.82) is 0 Å². The first-order valence-corrected chi connectivity index (χ1v) is 9.07. The highest BCUT2D eigenvalue weighted by atomic mass is 16.5. The number of nitrogens with one attached hydrogen (secondary N) is 1. The van der Waals surface area contributed by atoms with Crippen LogP contribution in [0.4, 0.5) is 5.69 Å². The molecular weight excluding hydrogens is 326 g/mol. The van der Waals surface area contributed by atoms with Crippen LogP contribution in [0.15, 0.2) is 53.1 Å². The largest absolute Gasteiger partial charge is 0.339 e. The van der Waals surface area contributed by atoms with Gasteiger partial charge in [-0.15, -0.1) is 0 Å². The number of hydrogen-bond acceptors (Lipinski definition) is 4. The maximum absolute atomic E-state index is 12.6. The molecule has 0 radical (unpaired) electrons. The predicted molar refractivity (Wildman–Crippen MR) is 100 cm³/mol. The van der Waals surface area contributed by atoms with Crippen molar-refractivity contribution >= 4 is 11.6 Å². The second kappa shape index (κ2) is 7.12. The molecule has 3 aromatic rings. The van der Waals surface area contributed by atoms with E-state index in [0.717, 1.165) is 30.5 Å². The van der Waals surface area contributed by atoms with Crippen LogP contribution in [0.5, 0.6) is 0 Å². The summed E-state index contributed by atoms with van der Waals surface area (Å²) in [5.41, 5.74) is 3.34. The minimum Gasteiger partial charge on any atom is -0.339 e. The summed E-state index contributed by atoms with van der Waals surface area (Å²) >= 11 is 0. The molecule has 1 aromatic heterocycles. The molecule has 5 heteroatoms. The zero-order valence-corrected chi connectivity index (χ0v) is 14.7. The number of aromatic nitrogens is 2. The Morgan fingerprint density at radius 1 is 1.19 bits per heavy atom. The minimum atomic E-state index is -0.150. The van der Waals surface area contributed by atoms with Crippen LogP contribution in [0.25, 0.3) is 11.4 Å². The summed E-state index contributed by atoms with van der Waals surface area (Å²) in [5.74, 6) is 1.49. The average molecular weight is 347 g/mol. The fourth-order valence-corrected chi connectivity index (χ4v) is 3.05. The molecule has 0 spiro atoms. The van der Waals surface area contributed by atoms with Crippen LogP contribution in [0.3, 0.4) is 0 Å². The molecule has 132 valence electrons. The zero-order chi connectivity index (χ0) is 17.9. The summed E-state index contributed by atoms with van der Waals surface area (Å²) in [6.07, 6.45) is 4.37. The molecule has 4 rings (SSSR count). The maximum atomic E-state index is 12.6. The third-order valence-electron chi connectivity index (χ3n) is 4.87. The third kappa shape index (κ3) is 3.38. The lowest BCUT2D eigenvalue weighted by atomic mass is 9.85. The van der Waals surface area contributed by atoms with Crippen molar-refractivity contribution in [1.82, 2.24) is 10.1 Å². The smallest absolute Gasteiger partial charge is 0.255 e. The van der Waals surface area contributed by atoms with E-state index < -0.39 is 0 Å². The Labute approximate surface area is 152 Å². The molecule has 1 saturated carbocycles. The summed E-state index contributed by atoms with van der Waals surface area (Å²) in [5, 5.41) is 7.03. The van der Waals surface area contributed by atoms with E-state index in [1.54, 1.807) is 12.1 Å². The number of aryl methyl sites for hydroxylation is 1. The average Bonchev–Trinajstić information content (AvgIpc) is 3.10. The number of hydrogen-bond donors (Lipinski definition) is 1. The lowest BCUT2D eigenvalue weighted by Crippen LogP contribution is -2.12. The molecule has 1 amide bonds. The summed E-state index contributed by atoms with van der Waals surface area (Å²) in [7, 11) is 0. The molecule has 26 heavy (non-hydrogen) atoms. The molecule has 5 nitrogen and oxygen atoms in total. The van der Waals surface area contributed by atoms with E-state index in [4.69, 9.17) is 4.52 Å². The molecule has 1 heterocycles. The van der Waals surface area contributed by atoms with Gasteiger partial charge < -0.3 is 9.84 Å². The van der Waals surface area contributed by atoms with Crippen LogP contribution >= 0.6 is 0 Å². The first-order valence-electron chi connectivity index (χ1n) is 9.07. The van der Waals surface area contributed by atoms with Crippen LogP contribution < -0.4 is 5.32 Å². The molecule has 0 bridgehead atoms. The van der Waals surface area contributed by atoms with E-state index in [9.17, 15) is 4.79 Å². The summed E-state index contributed by atoms with van der Waals surface area (Å²) in [4.78, 5) is 17.1. The standard InChI is InChI=1S/C21H21N3O2/c1-2-14-6-3-11-18(12-14)22-20(25)17-10-5-9-16(13-17)19-23-21(26-24-19)15-7-4-8-15/h3,5-6,9-13,15H,2,4,7-8H2,1H3,(H,22,25). The molecular formula is C21H21N3O2. The van der Waals surface area contributed by atoms with Crippen molar-refractivity contribution in [2.45, 2.75) is 38.5 Å². The number of carbonyl (C=O) groups is 1.